The van der Waals surface area contributed by atoms with Gasteiger partial charge in [-0.05, 0) is 24.6 Å². The molecular formula is C18H19NO. The molecule has 102 valence electrons. The van der Waals surface area contributed by atoms with Crippen molar-refractivity contribution < 1.29 is 4.74 Å². The van der Waals surface area contributed by atoms with Gasteiger partial charge in [0.25, 0.3) is 0 Å². The molecule has 1 spiro atoms. The topological polar surface area (TPSA) is 12.5 Å². The highest BCUT2D eigenvalue weighted by molar-refractivity contribution is 5.44. The lowest BCUT2D eigenvalue weighted by atomic mass is 9.82. The Morgan fingerprint density at radius 3 is 2.70 bits per heavy atom. The maximum Gasteiger partial charge on any atom is 0.123 e. The van der Waals surface area contributed by atoms with Crippen LogP contribution in [0.3, 0.4) is 0 Å². The molecule has 20 heavy (non-hydrogen) atoms. The molecule has 0 bridgehead atoms. The van der Waals surface area contributed by atoms with Crippen molar-refractivity contribution in [3.05, 3.63) is 65.7 Å². The first-order valence-corrected chi connectivity index (χ1v) is 7.34. The summed E-state index contributed by atoms with van der Waals surface area (Å²) >= 11 is 0. The van der Waals surface area contributed by atoms with Crippen molar-refractivity contribution in [1.29, 1.82) is 0 Å². The van der Waals surface area contributed by atoms with Crippen LogP contribution in [0.2, 0.25) is 0 Å². The van der Waals surface area contributed by atoms with E-state index in [1.807, 2.05) is 0 Å². The van der Waals surface area contributed by atoms with Gasteiger partial charge in [0.2, 0.25) is 0 Å². The Kier molecular flexibility index (Phi) is 2.78. The molecule has 0 amide bonds. The molecule has 2 aliphatic rings. The number of nitrogens with zero attached hydrogens (tertiary/aromatic N) is 1. The van der Waals surface area contributed by atoms with Crippen LogP contribution in [0.15, 0.2) is 54.6 Å². The highest BCUT2D eigenvalue weighted by atomic mass is 16.5. The Labute approximate surface area is 120 Å². The highest BCUT2D eigenvalue weighted by Crippen LogP contribution is 2.44. The van der Waals surface area contributed by atoms with Crippen molar-refractivity contribution in [2.75, 3.05) is 19.7 Å². The van der Waals surface area contributed by atoms with Crippen molar-refractivity contribution in [2.24, 2.45) is 0 Å². The van der Waals surface area contributed by atoms with Crippen LogP contribution in [-0.4, -0.2) is 24.6 Å². The third kappa shape index (κ3) is 1.92. The van der Waals surface area contributed by atoms with Crippen LogP contribution in [0.1, 0.15) is 17.5 Å². The number of para-hydroxylation sites is 1. The van der Waals surface area contributed by atoms with Crippen LogP contribution in [-0.2, 0) is 12.0 Å². The van der Waals surface area contributed by atoms with Crippen LogP contribution < -0.4 is 4.74 Å². The molecule has 0 aromatic heterocycles. The third-order valence-corrected chi connectivity index (χ3v) is 4.64. The van der Waals surface area contributed by atoms with Gasteiger partial charge in [-0.3, -0.25) is 4.90 Å². The molecule has 4 rings (SSSR count). The first kappa shape index (κ1) is 12.0. The Hall–Kier alpha value is -1.80. The molecule has 2 heteroatoms. The zero-order chi connectivity index (χ0) is 13.4. The normalized spacial score (nSPS) is 24.8. The Bertz CT molecular complexity index is 610. The maximum atomic E-state index is 5.91. The van der Waals surface area contributed by atoms with Crippen LogP contribution in [0.25, 0.3) is 0 Å². The number of rotatable bonds is 2. The summed E-state index contributed by atoms with van der Waals surface area (Å²) in [6.45, 7) is 4.16. The monoisotopic (exact) mass is 265 g/mol. The van der Waals surface area contributed by atoms with E-state index in [0.29, 0.717) is 0 Å². The molecule has 2 heterocycles. The molecule has 1 fully saturated rings. The predicted octanol–water partition coefficient (Wildman–Crippen LogP) is 3.22. The lowest BCUT2D eigenvalue weighted by molar-refractivity contribution is 0.248. The molecule has 2 aromatic carbocycles. The number of hydrogen-bond acceptors (Lipinski definition) is 2. The van der Waals surface area contributed by atoms with E-state index in [4.69, 9.17) is 4.74 Å². The molecule has 1 saturated heterocycles. The average molecular weight is 265 g/mol. The molecule has 0 saturated carbocycles. The largest absolute Gasteiger partial charge is 0.492 e. The average Bonchev–Trinajstić information content (AvgIpc) is 3.07. The Morgan fingerprint density at radius 2 is 1.80 bits per heavy atom. The molecule has 0 aliphatic carbocycles. The van der Waals surface area contributed by atoms with Crippen molar-refractivity contribution in [2.45, 2.75) is 18.4 Å². The summed E-state index contributed by atoms with van der Waals surface area (Å²) in [5.41, 5.74) is 3.04. The highest BCUT2D eigenvalue weighted by Gasteiger charge is 2.45. The molecule has 2 nitrogen and oxygen atoms in total. The van der Waals surface area contributed by atoms with E-state index in [1.165, 1.54) is 17.5 Å². The predicted molar refractivity (Wildman–Crippen MR) is 80.0 cm³/mol. The number of hydrogen-bond donors (Lipinski definition) is 0. The number of ether oxygens (including phenoxy) is 1. The molecule has 1 unspecified atom stereocenters. The minimum Gasteiger partial charge on any atom is -0.492 e. The van der Waals surface area contributed by atoms with Crippen molar-refractivity contribution in [1.82, 2.24) is 4.90 Å². The molecule has 1 atom stereocenters. The van der Waals surface area contributed by atoms with E-state index in [2.05, 4.69) is 59.5 Å². The number of benzene rings is 2. The van der Waals surface area contributed by atoms with Crippen LogP contribution in [0, 0.1) is 0 Å². The van der Waals surface area contributed by atoms with Gasteiger partial charge in [-0.15, -0.1) is 0 Å². The maximum absolute atomic E-state index is 5.91. The minimum atomic E-state index is 0.228. The van der Waals surface area contributed by atoms with Gasteiger partial charge in [-0.2, -0.15) is 0 Å². The first-order chi connectivity index (χ1) is 9.86. The lowest BCUT2D eigenvalue weighted by Crippen LogP contribution is -2.32. The van der Waals surface area contributed by atoms with Gasteiger partial charge in [-0.25, -0.2) is 0 Å². The summed E-state index contributed by atoms with van der Waals surface area (Å²) in [5, 5.41) is 0. The summed E-state index contributed by atoms with van der Waals surface area (Å²) in [6.07, 6.45) is 1.21. The summed E-state index contributed by atoms with van der Waals surface area (Å²) in [7, 11) is 0. The molecule has 0 radical (unpaired) electrons. The fourth-order valence-electron chi connectivity index (χ4n) is 3.60. The summed E-state index contributed by atoms with van der Waals surface area (Å²) in [6, 6.07) is 19.3. The van der Waals surface area contributed by atoms with Gasteiger partial charge in [0.15, 0.2) is 0 Å². The van der Waals surface area contributed by atoms with Gasteiger partial charge in [0.1, 0.15) is 5.75 Å². The van der Waals surface area contributed by atoms with E-state index >= 15 is 0 Å². The van der Waals surface area contributed by atoms with Crippen LogP contribution in [0.4, 0.5) is 0 Å². The van der Waals surface area contributed by atoms with E-state index in [0.717, 1.165) is 32.0 Å². The SMILES string of the molecule is c1ccc(CN2CCC3(COc4ccccc43)C2)cc1. The van der Waals surface area contributed by atoms with Crippen LogP contribution in [0.5, 0.6) is 5.75 Å². The molecule has 0 N–H and O–H groups in total. The fourth-order valence-corrected chi connectivity index (χ4v) is 3.60. The van der Waals surface area contributed by atoms with Crippen LogP contribution >= 0.6 is 0 Å². The second-order valence-electron chi connectivity index (χ2n) is 6.01. The second-order valence-corrected chi connectivity index (χ2v) is 6.01. The van der Waals surface area contributed by atoms with Gasteiger partial charge < -0.3 is 4.74 Å². The van der Waals surface area contributed by atoms with Gasteiger partial charge in [-0.1, -0.05) is 48.5 Å². The van der Waals surface area contributed by atoms with E-state index < -0.39 is 0 Å². The lowest BCUT2D eigenvalue weighted by Gasteiger charge is -2.23. The van der Waals surface area contributed by atoms with Crippen molar-refractivity contribution in [3.8, 4) is 5.75 Å². The van der Waals surface area contributed by atoms with Gasteiger partial charge in [0.05, 0.1) is 6.61 Å². The van der Waals surface area contributed by atoms with E-state index in [-0.39, 0.29) is 5.41 Å². The third-order valence-electron chi connectivity index (χ3n) is 4.64. The molecule has 2 aromatic rings. The molecule has 2 aliphatic heterocycles. The Balaban J connectivity index is 1.54. The quantitative estimate of drug-likeness (QED) is 0.826. The summed E-state index contributed by atoms with van der Waals surface area (Å²) in [5.74, 6) is 1.09. The zero-order valence-corrected chi connectivity index (χ0v) is 11.6. The minimum absolute atomic E-state index is 0.228. The van der Waals surface area contributed by atoms with Gasteiger partial charge in [0, 0.05) is 24.1 Å². The van der Waals surface area contributed by atoms with E-state index in [1.54, 1.807) is 0 Å². The summed E-state index contributed by atoms with van der Waals surface area (Å²) < 4.78 is 5.91. The first-order valence-electron chi connectivity index (χ1n) is 7.34. The standard InChI is InChI=1S/C18H19NO/c1-2-6-15(7-3-1)12-19-11-10-18(13-19)14-20-17-9-5-4-8-16(17)18/h1-9H,10-14H2. The Morgan fingerprint density at radius 1 is 1.00 bits per heavy atom. The second kappa shape index (κ2) is 4.64. The number of fused-ring (bicyclic) bond motifs is 2. The summed E-state index contributed by atoms with van der Waals surface area (Å²) in [4.78, 5) is 2.56. The van der Waals surface area contributed by atoms with E-state index in [9.17, 15) is 0 Å². The fraction of sp³-hybridized carbons (Fsp3) is 0.333. The smallest absolute Gasteiger partial charge is 0.123 e. The zero-order valence-electron chi connectivity index (χ0n) is 11.6. The van der Waals surface area contributed by atoms with Gasteiger partial charge >= 0.3 is 0 Å². The molecular weight excluding hydrogens is 246 g/mol. The van der Waals surface area contributed by atoms with Crippen molar-refractivity contribution >= 4 is 0 Å². The van der Waals surface area contributed by atoms with Crippen molar-refractivity contribution in [3.63, 3.8) is 0 Å². The number of likely N-dealkylation sites (tertiary alicyclic amines) is 1.